The molecule has 1 amide bonds. The molecule has 130 valence electrons. The molecule has 1 aromatic heterocycles. The van der Waals surface area contributed by atoms with Crippen molar-refractivity contribution >= 4 is 17.7 Å². The average molecular weight is 338 g/mol. The quantitative estimate of drug-likeness (QED) is 0.887. The van der Waals surface area contributed by atoms with Crippen LogP contribution < -0.4 is 5.32 Å². The number of carboxylic acids is 1. The zero-order chi connectivity index (χ0) is 18.2. The fourth-order valence-corrected chi connectivity index (χ4v) is 2.69. The Kier molecular flexibility index (Phi) is 4.11. The van der Waals surface area contributed by atoms with E-state index in [4.69, 9.17) is 0 Å². The molecule has 0 atom stereocenters. The molecule has 1 saturated carbocycles. The Morgan fingerprint density at radius 1 is 1.12 bits per heavy atom. The second kappa shape index (κ2) is 5.99. The molecule has 0 bridgehead atoms. The van der Waals surface area contributed by atoms with Crippen molar-refractivity contribution in [2.45, 2.75) is 39.0 Å². The molecule has 0 radical (unpaired) electrons. The SMILES string of the molecule is CC(C)(C)C(=O)Nc1ccc(-c2cccc(C3(C(=O)O)CC3)c2)cn1. The number of hydrogen-bond donors (Lipinski definition) is 2. The van der Waals surface area contributed by atoms with Crippen LogP contribution in [0.2, 0.25) is 0 Å². The predicted octanol–water partition coefficient (Wildman–Crippen LogP) is 3.85. The van der Waals surface area contributed by atoms with Gasteiger partial charge < -0.3 is 10.4 Å². The highest BCUT2D eigenvalue weighted by Gasteiger charge is 2.51. The highest BCUT2D eigenvalue weighted by Crippen LogP contribution is 2.49. The lowest BCUT2D eigenvalue weighted by molar-refractivity contribution is -0.140. The Balaban J connectivity index is 1.82. The summed E-state index contributed by atoms with van der Waals surface area (Å²) in [5.74, 6) is -0.348. The maximum absolute atomic E-state index is 12.0. The lowest BCUT2D eigenvalue weighted by Crippen LogP contribution is -2.27. The lowest BCUT2D eigenvalue weighted by Gasteiger charge is -2.17. The zero-order valence-electron chi connectivity index (χ0n) is 14.7. The number of aromatic nitrogens is 1. The number of hydrogen-bond acceptors (Lipinski definition) is 3. The van der Waals surface area contributed by atoms with Crippen molar-refractivity contribution in [1.82, 2.24) is 4.98 Å². The number of amides is 1. The minimum atomic E-state index is -0.761. The fourth-order valence-electron chi connectivity index (χ4n) is 2.69. The standard InChI is InChI=1S/C20H22N2O3/c1-19(2,3)17(23)22-16-8-7-14(12-21-16)13-5-4-6-15(11-13)20(9-10-20)18(24)25/h4-8,11-12H,9-10H2,1-3H3,(H,24,25)(H,21,22,23). The summed E-state index contributed by atoms with van der Waals surface area (Å²) in [5.41, 5.74) is 1.44. The van der Waals surface area contributed by atoms with Crippen LogP contribution in [-0.2, 0) is 15.0 Å². The number of benzene rings is 1. The number of carboxylic acid groups (broad SMARTS) is 1. The third kappa shape index (κ3) is 3.40. The number of nitrogens with one attached hydrogen (secondary N) is 1. The molecule has 2 aromatic rings. The molecule has 1 aliphatic rings. The van der Waals surface area contributed by atoms with Crippen molar-refractivity contribution in [2.75, 3.05) is 5.32 Å². The third-order valence-electron chi connectivity index (χ3n) is 4.59. The van der Waals surface area contributed by atoms with Crippen LogP contribution >= 0.6 is 0 Å². The monoisotopic (exact) mass is 338 g/mol. The highest BCUT2D eigenvalue weighted by atomic mass is 16.4. The summed E-state index contributed by atoms with van der Waals surface area (Å²) in [7, 11) is 0. The first-order chi connectivity index (χ1) is 11.7. The first-order valence-corrected chi connectivity index (χ1v) is 8.34. The van der Waals surface area contributed by atoms with E-state index in [1.807, 2.05) is 51.1 Å². The molecule has 25 heavy (non-hydrogen) atoms. The van der Waals surface area contributed by atoms with Gasteiger partial charge in [0, 0.05) is 17.2 Å². The van der Waals surface area contributed by atoms with E-state index < -0.39 is 16.8 Å². The van der Waals surface area contributed by atoms with Crippen LogP contribution in [0.15, 0.2) is 42.6 Å². The predicted molar refractivity (Wildman–Crippen MR) is 96.3 cm³/mol. The van der Waals surface area contributed by atoms with Gasteiger partial charge in [-0.25, -0.2) is 4.98 Å². The van der Waals surface area contributed by atoms with Crippen LogP contribution in [0.1, 0.15) is 39.2 Å². The molecule has 3 rings (SSSR count). The topological polar surface area (TPSA) is 79.3 Å². The van der Waals surface area contributed by atoms with E-state index in [1.165, 1.54) is 0 Å². The van der Waals surface area contributed by atoms with Crippen molar-refractivity contribution in [1.29, 1.82) is 0 Å². The van der Waals surface area contributed by atoms with Gasteiger partial charge in [-0.05, 0) is 42.2 Å². The van der Waals surface area contributed by atoms with Crippen molar-refractivity contribution in [3.05, 3.63) is 48.2 Å². The maximum atomic E-state index is 12.0. The molecule has 0 unspecified atom stereocenters. The van der Waals surface area contributed by atoms with E-state index in [9.17, 15) is 14.7 Å². The minimum absolute atomic E-state index is 0.0909. The lowest BCUT2D eigenvalue weighted by atomic mass is 9.93. The van der Waals surface area contributed by atoms with Crippen molar-refractivity contribution in [2.24, 2.45) is 5.41 Å². The van der Waals surface area contributed by atoms with E-state index >= 15 is 0 Å². The normalized spacial score (nSPS) is 15.5. The molecular weight excluding hydrogens is 316 g/mol. The van der Waals surface area contributed by atoms with Gasteiger partial charge in [0.1, 0.15) is 5.82 Å². The van der Waals surface area contributed by atoms with E-state index in [-0.39, 0.29) is 5.91 Å². The Labute approximate surface area is 147 Å². The molecule has 5 heteroatoms. The van der Waals surface area contributed by atoms with Gasteiger partial charge in [0.05, 0.1) is 5.41 Å². The van der Waals surface area contributed by atoms with Crippen molar-refractivity contribution < 1.29 is 14.7 Å². The minimum Gasteiger partial charge on any atom is -0.481 e. The van der Waals surface area contributed by atoms with Gasteiger partial charge in [0.25, 0.3) is 0 Å². The summed E-state index contributed by atoms with van der Waals surface area (Å²) in [6, 6.07) is 11.2. The average Bonchev–Trinajstić information content (AvgIpc) is 3.37. The zero-order valence-corrected chi connectivity index (χ0v) is 14.7. The number of rotatable bonds is 4. The van der Waals surface area contributed by atoms with Gasteiger partial charge in [-0.3, -0.25) is 9.59 Å². The van der Waals surface area contributed by atoms with Crippen LogP contribution in [-0.4, -0.2) is 22.0 Å². The molecule has 0 spiro atoms. The summed E-state index contributed by atoms with van der Waals surface area (Å²) in [6.07, 6.45) is 3.06. The molecule has 5 nitrogen and oxygen atoms in total. The van der Waals surface area contributed by atoms with Gasteiger partial charge in [0.15, 0.2) is 0 Å². The Morgan fingerprint density at radius 2 is 1.84 bits per heavy atom. The highest BCUT2D eigenvalue weighted by molar-refractivity contribution is 5.93. The molecule has 0 saturated heterocycles. The van der Waals surface area contributed by atoms with Gasteiger partial charge >= 0.3 is 5.97 Å². The number of pyridine rings is 1. The van der Waals surface area contributed by atoms with E-state index in [0.29, 0.717) is 18.7 Å². The third-order valence-corrected chi connectivity index (χ3v) is 4.59. The molecular formula is C20H22N2O3. The number of nitrogens with zero attached hydrogens (tertiary/aromatic N) is 1. The van der Waals surface area contributed by atoms with Gasteiger partial charge in [0.2, 0.25) is 5.91 Å². The number of aliphatic carboxylic acids is 1. The first kappa shape index (κ1) is 17.1. The fraction of sp³-hybridized carbons (Fsp3) is 0.350. The van der Waals surface area contributed by atoms with Crippen LogP contribution in [0.4, 0.5) is 5.82 Å². The molecule has 1 aliphatic carbocycles. The summed E-state index contributed by atoms with van der Waals surface area (Å²) >= 11 is 0. The van der Waals surface area contributed by atoms with Crippen molar-refractivity contribution in [3.63, 3.8) is 0 Å². The van der Waals surface area contributed by atoms with Gasteiger partial charge in [-0.1, -0.05) is 39.0 Å². The smallest absolute Gasteiger partial charge is 0.314 e. The summed E-state index contributed by atoms with van der Waals surface area (Å²) in [5, 5.41) is 12.2. The number of anilines is 1. The Bertz CT molecular complexity index is 816. The molecule has 1 heterocycles. The number of carbonyl (C=O) groups excluding carboxylic acids is 1. The second-order valence-corrected chi connectivity index (χ2v) is 7.60. The molecule has 1 fully saturated rings. The Hall–Kier alpha value is -2.69. The Morgan fingerprint density at radius 3 is 2.36 bits per heavy atom. The molecule has 0 aliphatic heterocycles. The van der Waals surface area contributed by atoms with E-state index in [2.05, 4.69) is 10.3 Å². The number of carbonyl (C=O) groups is 2. The van der Waals surface area contributed by atoms with Gasteiger partial charge in [-0.15, -0.1) is 0 Å². The van der Waals surface area contributed by atoms with Crippen LogP contribution in [0, 0.1) is 5.41 Å². The van der Waals surface area contributed by atoms with Crippen molar-refractivity contribution in [3.8, 4) is 11.1 Å². The summed E-state index contributed by atoms with van der Waals surface area (Å²) in [4.78, 5) is 27.8. The first-order valence-electron chi connectivity index (χ1n) is 8.34. The largest absolute Gasteiger partial charge is 0.481 e. The maximum Gasteiger partial charge on any atom is 0.314 e. The second-order valence-electron chi connectivity index (χ2n) is 7.60. The summed E-state index contributed by atoms with van der Waals surface area (Å²) < 4.78 is 0. The molecule has 1 aromatic carbocycles. The van der Waals surface area contributed by atoms with E-state index in [0.717, 1.165) is 16.7 Å². The van der Waals surface area contributed by atoms with Crippen LogP contribution in [0.25, 0.3) is 11.1 Å². The van der Waals surface area contributed by atoms with E-state index in [1.54, 1.807) is 12.3 Å². The van der Waals surface area contributed by atoms with Gasteiger partial charge in [-0.2, -0.15) is 0 Å². The molecule has 2 N–H and O–H groups in total. The summed E-state index contributed by atoms with van der Waals surface area (Å²) in [6.45, 7) is 5.54. The van der Waals surface area contributed by atoms with Crippen LogP contribution in [0.5, 0.6) is 0 Å². The van der Waals surface area contributed by atoms with Crippen LogP contribution in [0.3, 0.4) is 0 Å².